The molecule has 116 valence electrons. The highest BCUT2D eigenvalue weighted by molar-refractivity contribution is 6.06. The van der Waals surface area contributed by atoms with Crippen LogP contribution >= 0.6 is 0 Å². The molecule has 0 bridgehead atoms. The normalized spacial score (nSPS) is 11.4. The standard InChI is InChI=1S/C17H11F3N2O/c18-17(19,20)13-4-6-14(7-5-13)22-16(23)12-3-8-15-11(10-12)2-1-9-21-15/h1-10H,(H,22,23). The predicted octanol–water partition coefficient (Wildman–Crippen LogP) is 4.51. The Kier molecular flexibility index (Phi) is 3.73. The average Bonchev–Trinajstić information content (AvgIpc) is 2.54. The second-order valence-electron chi connectivity index (χ2n) is 4.94. The number of nitrogens with zero attached hydrogens (tertiary/aromatic N) is 1. The molecule has 0 fully saturated rings. The minimum atomic E-state index is -4.39. The smallest absolute Gasteiger partial charge is 0.322 e. The van der Waals surface area contributed by atoms with Gasteiger partial charge in [0.1, 0.15) is 0 Å². The molecule has 6 heteroatoms. The van der Waals surface area contributed by atoms with E-state index in [-0.39, 0.29) is 0 Å². The largest absolute Gasteiger partial charge is 0.416 e. The van der Waals surface area contributed by atoms with Gasteiger partial charge in [-0.1, -0.05) is 6.07 Å². The Morgan fingerprint density at radius 3 is 2.43 bits per heavy atom. The monoisotopic (exact) mass is 316 g/mol. The number of halogens is 3. The molecule has 3 rings (SSSR count). The second-order valence-corrected chi connectivity index (χ2v) is 4.94. The minimum Gasteiger partial charge on any atom is -0.322 e. The SMILES string of the molecule is O=C(Nc1ccc(C(F)(F)F)cc1)c1ccc2ncccc2c1. The van der Waals surface area contributed by atoms with E-state index >= 15 is 0 Å². The maximum Gasteiger partial charge on any atom is 0.416 e. The highest BCUT2D eigenvalue weighted by Crippen LogP contribution is 2.29. The maximum atomic E-state index is 12.5. The number of anilines is 1. The quantitative estimate of drug-likeness (QED) is 0.756. The van der Waals surface area contributed by atoms with Crippen molar-refractivity contribution in [1.29, 1.82) is 0 Å². The summed E-state index contributed by atoms with van der Waals surface area (Å²) in [5.74, 6) is -0.393. The Bertz CT molecular complexity index is 858. The van der Waals surface area contributed by atoms with Gasteiger partial charge in [-0.3, -0.25) is 9.78 Å². The number of carbonyl (C=O) groups is 1. The number of carbonyl (C=O) groups excluding carboxylic acids is 1. The average molecular weight is 316 g/mol. The zero-order chi connectivity index (χ0) is 16.4. The molecule has 23 heavy (non-hydrogen) atoms. The third kappa shape index (κ3) is 3.31. The molecule has 1 heterocycles. The Labute approximate surface area is 129 Å². The Morgan fingerprint density at radius 1 is 1.00 bits per heavy atom. The number of hydrogen-bond acceptors (Lipinski definition) is 2. The number of benzene rings is 2. The van der Waals surface area contributed by atoms with Gasteiger partial charge in [-0.25, -0.2) is 0 Å². The first-order chi connectivity index (χ1) is 10.9. The fourth-order valence-electron chi connectivity index (χ4n) is 2.16. The van der Waals surface area contributed by atoms with Crippen LogP contribution in [0.15, 0.2) is 60.8 Å². The molecule has 0 unspecified atom stereocenters. The zero-order valence-corrected chi connectivity index (χ0v) is 11.8. The van der Waals surface area contributed by atoms with Crippen LogP contribution in [0.25, 0.3) is 10.9 Å². The van der Waals surface area contributed by atoms with Crippen LogP contribution in [-0.4, -0.2) is 10.9 Å². The molecule has 2 aromatic carbocycles. The zero-order valence-electron chi connectivity index (χ0n) is 11.8. The minimum absolute atomic E-state index is 0.300. The van der Waals surface area contributed by atoms with Crippen LogP contribution in [0.3, 0.4) is 0 Å². The lowest BCUT2D eigenvalue weighted by Gasteiger charge is -2.09. The van der Waals surface area contributed by atoms with E-state index in [1.807, 2.05) is 6.07 Å². The van der Waals surface area contributed by atoms with Crippen molar-refractivity contribution in [2.75, 3.05) is 5.32 Å². The van der Waals surface area contributed by atoms with E-state index in [9.17, 15) is 18.0 Å². The van der Waals surface area contributed by atoms with Crippen LogP contribution in [0.5, 0.6) is 0 Å². The number of alkyl halides is 3. The molecule has 1 amide bonds. The van der Waals surface area contributed by atoms with E-state index in [1.54, 1.807) is 30.5 Å². The van der Waals surface area contributed by atoms with Gasteiger partial charge in [0.2, 0.25) is 0 Å². The molecule has 0 radical (unpaired) electrons. The molecule has 0 saturated heterocycles. The van der Waals surface area contributed by atoms with Gasteiger partial charge in [-0.2, -0.15) is 13.2 Å². The first-order valence-corrected chi connectivity index (χ1v) is 6.77. The van der Waals surface area contributed by atoms with E-state index in [0.29, 0.717) is 11.3 Å². The summed E-state index contributed by atoms with van der Waals surface area (Å²) in [6, 6.07) is 12.9. The second kappa shape index (κ2) is 5.72. The first kappa shape index (κ1) is 15.0. The summed E-state index contributed by atoms with van der Waals surface area (Å²) in [4.78, 5) is 16.3. The van der Waals surface area contributed by atoms with Gasteiger partial charge < -0.3 is 5.32 Å². The van der Waals surface area contributed by atoms with E-state index in [2.05, 4.69) is 10.3 Å². The predicted molar refractivity (Wildman–Crippen MR) is 81.1 cm³/mol. The molecule has 1 N–H and O–H groups in total. The lowest BCUT2D eigenvalue weighted by molar-refractivity contribution is -0.137. The number of aromatic nitrogens is 1. The van der Waals surface area contributed by atoms with Crippen LogP contribution in [0.2, 0.25) is 0 Å². The lowest BCUT2D eigenvalue weighted by atomic mass is 10.1. The lowest BCUT2D eigenvalue weighted by Crippen LogP contribution is -2.12. The van der Waals surface area contributed by atoms with Crippen LogP contribution in [0.1, 0.15) is 15.9 Å². The Balaban J connectivity index is 1.80. The van der Waals surface area contributed by atoms with Crippen molar-refractivity contribution in [2.24, 2.45) is 0 Å². The van der Waals surface area contributed by atoms with Crippen molar-refractivity contribution in [2.45, 2.75) is 6.18 Å². The van der Waals surface area contributed by atoms with Gasteiger partial charge in [0.25, 0.3) is 5.91 Å². The van der Waals surface area contributed by atoms with Crippen molar-refractivity contribution in [3.8, 4) is 0 Å². The van der Waals surface area contributed by atoms with Gasteiger partial charge in [0, 0.05) is 22.8 Å². The summed E-state index contributed by atoms with van der Waals surface area (Å²) in [7, 11) is 0. The van der Waals surface area contributed by atoms with E-state index in [1.165, 1.54) is 12.1 Å². The summed E-state index contributed by atoms with van der Waals surface area (Å²) in [5.41, 5.74) is 0.713. The van der Waals surface area contributed by atoms with Crippen LogP contribution in [0.4, 0.5) is 18.9 Å². The third-order valence-corrected chi connectivity index (χ3v) is 3.34. The molecule has 0 aliphatic heterocycles. The Hall–Kier alpha value is -2.89. The summed E-state index contributed by atoms with van der Waals surface area (Å²) in [5, 5.41) is 3.39. The Morgan fingerprint density at radius 2 is 1.74 bits per heavy atom. The van der Waals surface area contributed by atoms with Crippen molar-refractivity contribution >= 4 is 22.5 Å². The molecule has 0 aliphatic rings. The van der Waals surface area contributed by atoms with Crippen LogP contribution in [-0.2, 0) is 6.18 Å². The molecular formula is C17H11F3N2O. The topological polar surface area (TPSA) is 42.0 Å². The van der Waals surface area contributed by atoms with Crippen LogP contribution in [0, 0.1) is 0 Å². The number of fused-ring (bicyclic) bond motifs is 1. The summed E-state index contributed by atoms with van der Waals surface area (Å²) in [6.07, 6.45) is -2.74. The van der Waals surface area contributed by atoms with Gasteiger partial charge in [0.05, 0.1) is 11.1 Å². The molecule has 0 saturated carbocycles. The van der Waals surface area contributed by atoms with Gasteiger partial charge in [-0.05, 0) is 48.5 Å². The molecule has 3 nitrogen and oxygen atoms in total. The molecule has 1 aromatic heterocycles. The summed E-state index contributed by atoms with van der Waals surface area (Å²) < 4.78 is 37.5. The van der Waals surface area contributed by atoms with Gasteiger partial charge >= 0.3 is 6.18 Å². The van der Waals surface area contributed by atoms with Gasteiger partial charge in [0.15, 0.2) is 0 Å². The summed E-state index contributed by atoms with van der Waals surface area (Å²) in [6.45, 7) is 0. The number of nitrogens with one attached hydrogen (secondary N) is 1. The number of rotatable bonds is 2. The first-order valence-electron chi connectivity index (χ1n) is 6.77. The fraction of sp³-hybridized carbons (Fsp3) is 0.0588. The molecule has 0 atom stereocenters. The molecule has 0 aliphatic carbocycles. The highest BCUT2D eigenvalue weighted by Gasteiger charge is 2.29. The highest BCUT2D eigenvalue weighted by atomic mass is 19.4. The number of pyridine rings is 1. The van der Waals surface area contributed by atoms with Crippen LogP contribution < -0.4 is 5.32 Å². The molecule has 0 spiro atoms. The van der Waals surface area contributed by atoms with E-state index in [4.69, 9.17) is 0 Å². The number of amides is 1. The van der Waals surface area contributed by atoms with Crippen molar-refractivity contribution in [1.82, 2.24) is 4.98 Å². The van der Waals surface area contributed by atoms with E-state index in [0.717, 1.165) is 23.0 Å². The third-order valence-electron chi connectivity index (χ3n) is 3.34. The summed E-state index contributed by atoms with van der Waals surface area (Å²) >= 11 is 0. The molecular weight excluding hydrogens is 305 g/mol. The van der Waals surface area contributed by atoms with Gasteiger partial charge in [-0.15, -0.1) is 0 Å². The van der Waals surface area contributed by atoms with Crippen molar-refractivity contribution < 1.29 is 18.0 Å². The van der Waals surface area contributed by atoms with Crippen molar-refractivity contribution in [3.63, 3.8) is 0 Å². The number of hydrogen-bond donors (Lipinski definition) is 1. The van der Waals surface area contributed by atoms with Crippen molar-refractivity contribution in [3.05, 3.63) is 71.9 Å². The maximum absolute atomic E-state index is 12.5. The van der Waals surface area contributed by atoms with E-state index < -0.39 is 17.6 Å². The fourth-order valence-corrected chi connectivity index (χ4v) is 2.16. The molecule has 3 aromatic rings.